The highest BCUT2D eigenvalue weighted by atomic mass is 79.9. The highest BCUT2D eigenvalue weighted by Crippen LogP contribution is 2.37. The Bertz CT molecular complexity index is 889. The first kappa shape index (κ1) is 18.2. The molecule has 0 saturated carbocycles. The number of imidazole rings is 1. The van der Waals surface area contributed by atoms with Gasteiger partial charge in [-0.2, -0.15) is 13.2 Å². The molecule has 0 spiro atoms. The van der Waals surface area contributed by atoms with Crippen molar-refractivity contribution in [2.24, 2.45) is 7.05 Å². The van der Waals surface area contributed by atoms with Crippen molar-refractivity contribution in [3.8, 4) is 11.5 Å². The zero-order valence-electron chi connectivity index (χ0n) is 13.3. The number of allylic oxidation sites excluding steroid dienone is 1. The van der Waals surface area contributed by atoms with Crippen LogP contribution in [0, 0.1) is 0 Å². The summed E-state index contributed by atoms with van der Waals surface area (Å²) in [6.07, 6.45) is -2.66. The average Bonchev–Trinajstić information content (AvgIpc) is 2.84. The molecular formula is C16H13BrF3N3OS. The van der Waals surface area contributed by atoms with Crippen molar-refractivity contribution < 1.29 is 18.0 Å². The normalized spacial score (nSPS) is 14.5. The minimum absolute atomic E-state index is 0.0400. The molecule has 0 N–H and O–H groups in total. The zero-order valence-corrected chi connectivity index (χ0v) is 15.7. The monoisotopic (exact) mass is 431 g/mol. The largest absolute Gasteiger partial charge is 0.413 e. The van der Waals surface area contributed by atoms with Crippen LogP contribution in [0.25, 0.3) is 17.6 Å². The van der Waals surface area contributed by atoms with Crippen LogP contribution in [0.2, 0.25) is 0 Å². The van der Waals surface area contributed by atoms with E-state index >= 15 is 0 Å². The molecule has 2 heterocycles. The number of thioether (sulfide) groups is 1. The van der Waals surface area contributed by atoms with Gasteiger partial charge in [-0.05, 0) is 33.8 Å². The third-order valence-electron chi connectivity index (χ3n) is 3.74. The molecule has 0 aromatic carbocycles. The van der Waals surface area contributed by atoms with Gasteiger partial charge in [-0.1, -0.05) is 6.92 Å². The highest BCUT2D eigenvalue weighted by molar-refractivity contribution is 9.10. The van der Waals surface area contributed by atoms with E-state index in [0.717, 1.165) is 21.2 Å². The lowest BCUT2D eigenvalue weighted by Gasteiger charge is -2.15. The Morgan fingerprint density at radius 1 is 1.40 bits per heavy atom. The van der Waals surface area contributed by atoms with Gasteiger partial charge in [-0.15, -0.1) is 11.8 Å². The number of carbonyl (C=O) groups excluding carboxylic acids is 1. The molecule has 4 nitrogen and oxygen atoms in total. The molecule has 0 amide bonds. The van der Waals surface area contributed by atoms with E-state index in [2.05, 4.69) is 25.9 Å². The number of carbonyl (C=O) groups is 1. The lowest BCUT2D eigenvalue weighted by atomic mass is 9.98. The van der Waals surface area contributed by atoms with Crippen molar-refractivity contribution in [1.29, 1.82) is 0 Å². The Hall–Kier alpha value is -1.61. The third-order valence-corrected chi connectivity index (χ3v) is 5.09. The SMILES string of the molecule is CCSc1cc(Br)cnc1-c1nc2c(n1C)C(=O)CC(C(F)(F)F)=C2. The number of hydrogen-bond donors (Lipinski definition) is 0. The quantitative estimate of drug-likeness (QED) is 0.649. The van der Waals surface area contributed by atoms with Gasteiger partial charge in [0.1, 0.15) is 11.4 Å². The second-order valence-electron chi connectivity index (χ2n) is 5.43. The average molecular weight is 432 g/mol. The molecule has 2 aromatic heterocycles. The van der Waals surface area contributed by atoms with Gasteiger partial charge in [-0.3, -0.25) is 9.78 Å². The first-order valence-corrected chi connectivity index (χ1v) is 9.16. The van der Waals surface area contributed by atoms with Crippen LogP contribution in [0.5, 0.6) is 0 Å². The standard InChI is InChI=1S/C16H13BrF3N3OS/c1-3-25-12-6-9(17)7-21-13(12)15-22-10-4-8(16(18,19)20)5-11(24)14(10)23(15)2/h4,6-7H,3,5H2,1-2H3. The van der Waals surface area contributed by atoms with Crippen LogP contribution >= 0.6 is 27.7 Å². The van der Waals surface area contributed by atoms with Crippen molar-refractivity contribution >= 4 is 39.6 Å². The van der Waals surface area contributed by atoms with Crippen molar-refractivity contribution in [2.45, 2.75) is 24.4 Å². The topological polar surface area (TPSA) is 47.8 Å². The van der Waals surface area contributed by atoms with E-state index in [1.54, 1.807) is 25.0 Å². The Morgan fingerprint density at radius 3 is 2.76 bits per heavy atom. The molecular weight excluding hydrogens is 419 g/mol. The molecule has 0 aliphatic heterocycles. The first-order chi connectivity index (χ1) is 11.7. The lowest BCUT2D eigenvalue weighted by Crippen LogP contribution is -2.20. The number of fused-ring (bicyclic) bond motifs is 1. The van der Waals surface area contributed by atoms with Crippen molar-refractivity contribution in [2.75, 3.05) is 5.75 Å². The van der Waals surface area contributed by atoms with E-state index in [0.29, 0.717) is 11.5 Å². The minimum atomic E-state index is -4.54. The molecule has 9 heteroatoms. The molecule has 1 aliphatic rings. The summed E-state index contributed by atoms with van der Waals surface area (Å²) < 4.78 is 41.2. The van der Waals surface area contributed by atoms with Gasteiger partial charge in [0, 0.05) is 34.6 Å². The van der Waals surface area contributed by atoms with Crippen LogP contribution in [0.15, 0.2) is 27.2 Å². The smallest absolute Gasteiger partial charge is 0.323 e. The minimum Gasteiger partial charge on any atom is -0.323 e. The maximum atomic E-state index is 13.0. The molecule has 3 rings (SSSR count). The number of aromatic nitrogens is 3. The fourth-order valence-electron chi connectivity index (χ4n) is 2.67. The molecule has 1 aliphatic carbocycles. The second kappa shape index (κ2) is 6.60. The van der Waals surface area contributed by atoms with Gasteiger partial charge in [0.2, 0.25) is 0 Å². The van der Waals surface area contributed by atoms with Gasteiger partial charge < -0.3 is 4.57 Å². The van der Waals surface area contributed by atoms with E-state index in [4.69, 9.17) is 0 Å². The summed E-state index contributed by atoms with van der Waals surface area (Å²) in [7, 11) is 1.62. The Balaban J connectivity index is 2.17. The Labute approximate surface area is 154 Å². The summed E-state index contributed by atoms with van der Waals surface area (Å²) in [5.74, 6) is 0.584. The maximum Gasteiger partial charge on any atom is 0.413 e. The summed E-state index contributed by atoms with van der Waals surface area (Å²) in [4.78, 5) is 21.7. The summed E-state index contributed by atoms with van der Waals surface area (Å²) in [5, 5.41) is 0. The van der Waals surface area contributed by atoms with Gasteiger partial charge >= 0.3 is 6.18 Å². The number of ketones is 1. The van der Waals surface area contributed by atoms with E-state index in [1.165, 1.54) is 4.57 Å². The van der Waals surface area contributed by atoms with Gasteiger partial charge in [0.15, 0.2) is 11.6 Å². The van der Waals surface area contributed by atoms with Gasteiger partial charge in [-0.25, -0.2) is 4.98 Å². The Kier molecular flexibility index (Phi) is 4.80. The molecule has 0 atom stereocenters. The van der Waals surface area contributed by atoms with Crippen molar-refractivity contribution in [1.82, 2.24) is 14.5 Å². The number of alkyl halides is 3. The fourth-order valence-corrected chi connectivity index (χ4v) is 3.96. The highest BCUT2D eigenvalue weighted by Gasteiger charge is 2.39. The molecule has 132 valence electrons. The number of hydrogen-bond acceptors (Lipinski definition) is 4. The van der Waals surface area contributed by atoms with E-state index in [-0.39, 0.29) is 11.4 Å². The summed E-state index contributed by atoms with van der Waals surface area (Å²) in [6, 6.07) is 1.88. The molecule has 2 aromatic rings. The van der Waals surface area contributed by atoms with Crippen LogP contribution in [0.1, 0.15) is 29.5 Å². The van der Waals surface area contributed by atoms with Crippen LogP contribution in [-0.2, 0) is 7.05 Å². The molecule has 0 saturated heterocycles. The lowest BCUT2D eigenvalue weighted by molar-refractivity contribution is -0.0923. The number of halogens is 4. The summed E-state index contributed by atoms with van der Waals surface area (Å²) in [6.45, 7) is 1.99. The fraction of sp³-hybridized carbons (Fsp3) is 0.312. The predicted octanol–water partition coefficient (Wildman–Crippen LogP) is 4.89. The van der Waals surface area contributed by atoms with Crippen LogP contribution in [-0.4, -0.2) is 32.2 Å². The van der Waals surface area contributed by atoms with E-state index in [9.17, 15) is 18.0 Å². The molecule has 25 heavy (non-hydrogen) atoms. The second-order valence-corrected chi connectivity index (χ2v) is 7.65. The van der Waals surface area contributed by atoms with Gasteiger partial charge in [0.25, 0.3) is 0 Å². The Morgan fingerprint density at radius 2 is 2.12 bits per heavy atom. The summed E-state index contributed by atoms with van der Waals surface area (Å²) >= 11 is 4.91. The van der Waals surface area contributed by atoms with Crippen molar-refractivity contribution in [3.63, 3.8) is 0 Å². The zero-order chi connectivity index (χ0) is 18.4. The van der Waals surface area contributed by atoms with Crippen LogP contribution in [0.3, 0.4) is 0 Å². The number of nitrogens with zero attached hydrogens (tertiary/aromatic N) is 3. The molecule has 0 bridgehead atoms. The van der Waals surface area contributed by atoms with Crippen molar-refractivity contribution in [3.05, 3.63) is 33.7 Å². The first-order valence-electron chi connectivity index (χ1n) is 7.38. The summed E-state index contributed by atoms with van der Waals surface area (Å²) in [5.41, 5.74) is -0.110. The van der Waals surface area contributed by atoms with E-state index in [1.807, 2.05) is 13.0 Å². The number of pyridine rings is 1. The van der Waals surface area contributed by atoms with Crippen LogP contribution in [0.4, 0.5) is 13.2 Å². The predicted molar refractivity (Wildman–Crippen MR) is 93.5 cm³/mol. The maximum absolute atomic E-state index is 13.0. The van der Waals surface area contributed by atoms with E-state index < -0.39 is 24.0 Å². The molecule has 0 unspecified atom stereocenters. The van der Waals surface area contributed by atoms with Crippen LogP contribution < -0.4 is 0 Å². The molecule has 0 radical (unpaired) electrons. The number of rotatable bonds is 3. The third kappa shape index (κ3) is 3.39. The number of Topliss-reactive ketones (excluding diaryl/α,β-unsaturated/α-hetero) is 1. The molecule has 0 fully saturated rings. The van der Waals surface area contributed by atoms with Gasteiger partial charge in [0.05, 0.1) is 5.69 Å².